The first-order chi connectivity index (χ1) is 21.9. The molecule has 2 aliphatic rings. The van der Waals surface area contributed by atoms with Gasteiger partial charge in [-0.1, -0.05) is 29.3 Å². The summed E-state index contributed by atoms with van der Waals surface area (Å²) >= 11 is 12.6. The number of carbonyl (C=O) groups is 1. The Morgan fingerprint density at radius 3 is 2.28 bits per heavy atom. The number of pyridine rings is 1. The maximum Gasteiger partial charge on any atom is 0.387 e. The van der Waals surface area contributed by atoms with E-state index in [1.165, 1.54) is 46.8 Å². The molecule has 1 aromatic heterocycles. The molecule has 1 saturated carbocycles. The molecule has 2 N–H and O–H groups in total. The molecular weight excluding hydrogens is 669 g/mol. The molecule has 1 aliphatic heterocycles. The van der Waals surface area contributed by atoms with Gasteiger partial charge in [-0.15, -0.1) is 0 Å². The molecule has 46 heavy (non-hydrogen) atoms. The number of nitrogens with two attached hydrogens (primary N) is 1. The van der Waals surface area contributed by atoms with Gasteiger partial charge in [0.05, 0.1) is 18.0 Å². The number of hydrogen-bond acceptors (Lipinski definition) is 9. The second kappa shape index (κ2) is 14.6. The molecule has 16 heteroatoms. The van der Waals surface area contributed by atoms with Crippen molar-refractivity contribution in [3.05, 3.63) is 81.2 Å². The van der Waals surface area contributed by atoms with Crippen molar-refractivity contribution in [2.24, 2.45) is 5.92 Å². The molecule has 1 atom stereocenters. The summed E-state index contributed by atoms with van der Waals surface area (Å²) in [5.74, 6) is -0.416. The van der Waals surface area contributed by atoms with Crippen LogP contribution < -0.4 is 19.9 Å². The van der Waals surface area contributed by atoms with Crippen molar-refractivity contribution < 1.29 is 40.9 Å². The minimum Gasteiger partial charge on any atom is -0.619 e. The lowest BCUT2D eigenvalue weighted by atomic mass is 10.0. The number of nitrogen functional groups attached to an aromatic ring is 1. The topological polar surface area (TPSA) is 138 Å². The van der Waals surface area contributed by atoms with Gasteiger partial charge in [0, 0.05) is 43.9 Å². The minimum atomic E-state index is -3.74. The van der Waals surface area contributed by atoms with Crippen molar-refractivity contribution in [3.63, 3.8) is 0 Å². The Labute approximate surface area is 275 Å². The zero-order valence-corrected chi connectivity index (χ0v) is 26.8. The number of benzene rings is 2. The van der Waals surface area contributed by atoms with E-state index in [0.717, 1.165) is 25.2 Å². The van der Waals surface area contributed by atoms with Crippen molar-refractivity contribution in [3.8, 4) is 11.5 Å². The third-order valence-corrected chi connectivity index (χ3v) is 10.2. The summed E-state index contributed by atoms with van der Waals surface area (Å²) in [6.07, 6.45) is 3.11. The van der Waals surface area contributed by atoms with Crippen molar-refractivity contribution in [2.45, 2.75) is 36.9 Å². The molecular formula is C30H32Cl2F2N4O7S. The molecule has 5 rings (SSSR count). The molecule has 2 fully saturated rings. The summed E-state index contributed by atoms with van der Waals surface area (Å²) in [6, 6.07) is 10.2. The predicted molar refractivity (Wildman–Crippen MR) is 165 cm³/mol. The molecule has 2 aromatic carbocycles. The van der Waals surface area contributed by atoms with Crippen molar-refractivity contribution >= 4 is 44.9 Å². The fraction of sp³-hybridized carbons (Fsp3) is 0.400. The minimum absolute atomic E-state index is 0.0462. The number of halogens is 4. The summed E-state index contributed by atoms with van der Waals surface area (Å²) in [5.41, 5.74) is 6.86. The van der Waals surface area contributed by atoms with Crippen LogP contribution in [-0.4, -0.2) is 69.5 Å². The molecule has 0 amide bonds. The van der Waals surface area contributed by atoms with Gasteiger partial charge in [-0.25, -0.2) is 8.42 Å². The second-order valence-corrected chi connectivity index (χ2v) is 13.8. The fourth-order valence-electron chi connectivity index (χ4n) is 4.96. The van der Waals surface area contributed by atoms with E-state index >= 15 is 0 Å². The standard InChI is InChI=1S/C30H32Cl2F2N4O7S/c31-24-15-37(40)16-25(32)23(24)14-27(20-3-8-26(45-30(33)34)28(13-20)43-18-19-1-2-19)44-29(39)17-36-9-11-38(12-10-36)46(41,42)22-6-4-21(35)5-7-22/h3-8,13,15-16,19,27,30H,1-2,9-12,14,17-18,35H2/t27-/m0/s1. The van der Waals surface area contributed by atoms with E-state index in [0.29, 0.717) is 34.1 Å². The van der Waals surface area contributed by atoms with Crippen molar-refractivity contribution in [2.75, 3.05) is 45.1 Å². The van der Waals surface area contributed by atoms with E-state index in [4.69, 9.17) is 38.4 Å². The molecule has 0 bridgehead atoms. The van der Waals surface area contributed by atoms with Gasteiger partial charge in [-0.3, -0.25) is 9.69 Å². The van der Waals surface area contributed by atoms with Gasteiger partial charge in [0.25, 0.3) is 0 Å². The monoisotopic (exact) mass is 700 g/mol. The van der Waals surface area contributed by atoms with Crippen LogP contribution in [-0.2, 0) is 26.0 Å². The highest BCUT2D eigenvalue weighted by Crippen LogP contribution is 2.38. The number of carbonyl (C=O) groups excluding carboxylic acids is 1. The Morgan fingerprint density at radius 2 is 1.67 bits per heavy atom. The number of hydrogen-bond donors (Lipinski definition) is 1. The van der Waals surface area contributed by atoms with Crippen LogP contribution in [0.25, 0.3) is 0 Å². The van der Waals surface area contributed by atoms with Crippen LogP contribution in [0.1, 0.15) is 30.1 Å². The number of aromatic nitrogens is 1. The average molecular weight is 702 g/mol. The zero-order valence-electron chi connectivity index (χ0n) is 24.5. The van der Waals surface area contributed by atoms with Crippen LogP contribution in [0.2, 0.25) is 10.0 Å². The lowest BCUT2D eigenvalue weighted by Gasteiger charge is -2.33. The summed E-state index contributed by atoms with van der Waals surface area (Å²) in [4.78, 5) is 15.2. The third kappa shape index (κ3) is 8.68. The smallest absolute Gasteiger partial charge is 0.387 e. The molecule has 0 unspecified atom stereocenters. The predicted octanol–water partition coefficient (Wildman–Crippen LogP) is 4.43. The molecule has 3 aromatic rings. The quantitative estimate of drug-likeness (QED) is 0.119. The van der Waals surface area contributed by atoms with E-state index in [1.54, 1.807) is 4.90 Å². The largest absolute Gasteiger partial charge is 0.619 e. The number of ether oxygens (including phenoxy) is 3. The number of anilines is 1. The van der Waals surface area contributed by atoms with Gasteiger partial charge in [0.15, 0.2) is 23.9 Å². The van der Waals surface area contributed by atoms with Gasteiger partial charge in [-0.2, -0.15) is 17.8 Å². The van der Waals surface area contributed by atoms with Gasteiger partial charge >= 0.3 is 12.6 Å². The lowest BCUT2D eigenvalue weighted by molar-refractivity contribution is -0.605. The number of sulfonamides is 1. The molecule has 0 radical (unpaired) electrons. The maximum absolute atomic E-state index is 13.3. The van der Waals surface area contributed by atoms with Crippen LogP contribution in [0.3, 0.4) is 0 Å². The molecule has 2 heterocycles. The second-order valence-electron chi connectivity index (χ2n) is 11.1. The van der Waals surface area contributed by atoms with Crippen LogP contribution in [0.5, 0.6) is 11.5 Å². The fourth-order valence-corrected chi connectivity index (χ4v) is 6.98. The van der Waals surface area contributed by atoms with Gasteiger partial charge in [0.1, 0.15) is 16.1 Å². The Hall–Kier alpha value is -3.43. The number of rotatable bonds is 13. The van der Waals surface area contributed by atoms with E-state index in [9.17, 15) is 27.2 Å². The van der Waals surface area contributed by atoms with Crippen LogP contribution in [0.4, 0.5) is 14.5 Å². The van der Waals surface area contributed by atoms with E-state index in [2.05, 4.69) is 4.74 Å². The summed E-state index contributed by atoms with van der Waals surface area (Å²) in [5, 5.41) is 11.9. The van der Waals surface area contributed by atoms with Gasteiger partial charge in [0.2, 0.25) is 10.0 Å². The Balaban J connectivity index is 1.31. The highest BCUT2D eigenvalue weighted by Gasteiger charge is 2.31. The number of alkyl halides is 2. The Kier molecular flexibility index (Phi) is 10.7. The first-order valence-corrected chi connectivity index (χ1v) is 16.6. The van der Waals surface area contributed by atoms with Gasteiger partial charge < -0.3 is 25.2 Å². The number of nitrogens with zero attached hydrogens (tertiary/aromatic N) is 3. The SMILES string of the molecule is Nc1ccc(S(=O)(=O)N2CCN(CC(=O)O[C@@H](Cc3c(Cl)c[n+]([O-])cc3Cl)c3ccc(OC(F)F)c(OCC4CC4)c3)CC2)cc1. The highest BCUT2D eigenvalue weighted by atomic mass is 35.5. The molecule has 1 aliphatic carbocycles. The van der Waals surface area contributed by atoms with E-state index in [1.807, 2.05) is 0 Å². The molecule has 11 nitrogen and oxygen atoms in total. The van der Waals surface area contributed by atoms with Crippen molar-refractivity contribution in [1.29, 1.82) is 0 Å². The molecule has 1 saturated heterocycles. The maximum atomic E-state index is 13.3. The average Bonchev–Trinajstić information content (AvgIpc) is 3.83. The van der Waals surface area contributed by atoms with E-state index in [-0.39, 0.29) is 65.6 Å². The number of piperazine rings is 1. The summed E-state index contributed by atoms with van der Waals surface area (Å²) in [7, 11) is -3.74. The Morgan fingerprint density at radius 1 is 1.02 bits per heavy atom. The normalized spacial score (nSPS) is 16.7. The van der Waals surface area contributed by atoms with Crippen LogP contribution in [0.15, 0.2) is 59.8 Å². The van der Waals surface area contributed by atoms with Crippen LogP contribution in [0, 0.1) is 11.1 Å². The first kappa shape index (κ1) is 33.9. The zero-order chi connectivity index (χ0) is 33.0. The highest BCUT2D eigenvalue weighted by molar-refractivity contribution is 7.89. The van der Waals surface area contributed by atoms with Crippen LogP contribution >= 0.6 is 23.2 Å². The first-order valence-electron chi connectivity index (χ1n) is 14.4. The molecule has 0 spiro atoms. The lowest BCUT2D eigenvalue weighted by Crippen LogP contribution is -2.50. The van der Waals surface area contributed by atoms with Gasteiger partial charge in [-0.05, 0) is 60.7 Å². The third-order valence-electron chi connectivity index (χ3n) is 7.65. The van der Waals surface area contributed by atoms with Crippen molar-refractivity contribution in [1.82, 2.24) is 9.21 Å². The Bertz CT molecular complexity index is 1630. The van der Waals surface area contributed by atoms with E-state index < -0.39 is 28.7 Å². The summed E-state index contributed by atoms with van der Waals surface area (Å²) < 4.78 is 70.5. The summed E-state index contributed by atoms with van der Waals surface area (Å²) in [6.45, 7) is -2.07. The number of esters is 1. The molecule has 248 valence electrons.